The van der Waals surface area contributed by atoms with Gasteiger partial charge in [0.05, 0.1) is 4.92 Å². The lowest BCUT2D eigenvalue weighted by Gasteiger charge is -2.03. The van der Waals surface area contributed by atoms with Crippen molar-refractivity contribution >= 4 is 17.4 Å². The average molecular weight is 197 g/mol. The molecule has 0 aliphatic rings. The molecule has 0 amide bonds. The minimum Gasteiger partial charge on any atom is -0.258 e. The number of hydrogen-bond acceptors (Lipinski definition) is 3. The van der Waals surface area contributed by atoms with Gasteiger partial charge in [-0.15, -0.1) is 11.8 Å². The Morgan fingerprint density at radius 3 is 2.69 bits per heavy atom. The molecule has 0 saturated carbocycles. The molecule has 4 heteroatoms. The standard InChI is InChI=1S/C9H11NO2S/c1-3-7-4-5-8(10(11)12)6-9(7)13-2/h4-6H,3H2,1-2H3. The summed E-state index contributed by atoms with van der Waals surface area (Å²) in [6.07, 6.45) is 2.84. The van der Waals surface area contributed by atoms with E-state index in [2.05, 4.69) is 0 Å². The number of aryl methyl sites for hydroxylation is 1. The molecule has 0 bridgehead atoms. The van der Waals surface area contributed by atoms with Crippen molar-refractivity contribution in [2.24, 2.45) is 0 Å². The third-order valence-electron chi connectivity index (χ3n) is 1.86. The maximum atomic E-state index is 10.5. The van der Waals surface area contributed by atoms with Gasteiger partial charge in [0.2, 0.25) is 0 Å². The van der Waals surface area contributed by atoms with E-state index in [1.54, 1.807) is 23.9 Å². The quantitative estimate of drug-likeness (QED) is 0.425. The first-order valence-electron chi connectivity index (χ1n) is 4.00. The van der Waals surface area contributed by atoms with E-state index < -0.39 is 0 Å². The zero-order valence-electron chi connectivity index (χ0n) is 7.61. The molecule has 0 aliphatic heterocycles. The second-order valence-electron chi connectivity index (χ2n) is 2.61. The molecule has 0 aromatic heterocycles. The van der Waals surface area contributed by atoms with E-state index in [1.165, 1.54) is 0 Å². The minimum atomic E-state index is -0.362. The topological polar surface area (TPSA) is 43.1 Å². The van der Waals surface area contributed by atoms with E-state index in [9.17, 15) is 10.1 Å². The molecule has 0 aliphatic carbocycles. The van der Waals surface area contributed by atoms with Gasteiger partial charge in [-0.2, -0.15) is 0 Å². The fraction of sp³-hybridized carbons (Fsp3) is 0.333. The predicted molar refractivity (Wildman–Crippen MR) is 54.3 cm³/mol. The Balaban J connectivity index is 3.13. The molecule has 0 fully saturated rings. The van der Waals surface area contributed by atoms with Gasteiger partial charge in [0.15, 0.2) is 0 Å². The molecule has 1 rings (SSSR count). The van der Waals surface area contributed by atoms with Crippen molar-refractivity contribution in [2.75, 3.05) is 6.26 Å². The summed E-state index contributed by atoms with van der Waals surface area (Å²) in [6, 6.07) is 5.01. The Morgan fingerprint density at radius 1 is 1.54 bits per heavy atom. The Morgan fingerprint density at radius 2 is 2.23 bits per heavy atom. The first kappa shape index (κ1) is 10.1. The van der Waals surface area contributed by atoms with Crippen LogP contribution in [-0.2, 0) is 6.42 Å². The molecule has 0 spiro atoms. The SMILES string of the molecule is CCc1ccc([N+](=O)[O-])cc1SC. The number of nitro benzene ring substituents is 1. The molecule has 0 N–H and O–H groups in total. The van der Waals surface area contributed by atoms with Crippen LogP contribution in [-0.4, -0.2) is 11.2 Å². The largest absolute Gasteiger partial charge is 0.270 e. The fourth-order valence-corrected chi connectivity index (χ4v) is 1.85. The number of non-ortho nitro benzene ring substituents is 1. The van der Waals surface area contributed by atoms with Gasteiger partial charge < -0.3 is 0 Å². The normalized spacial score (nSPS) is 10.0. The third-order valence-corrected chi connectivity index (χ3v) is 2.68. The Bertz CT molecular complexity index is 325. The van der Waals surface area contributed by atoms with Crippen molar-refractivity contribution in [3.63, 3.8) is 0 Å². The number of rotatable bonds is 3. The van der Waals surface area contributed by atoms with Gasteiger partial charge in [-0.25, -0.2) is 0 Å². The molecule has 70 valence electrons. The van der Waals surface area contributed by atoms with Crippen LogP contribution in [0.4, 0.5) is 5.69 Å². The van der Waals surface area contributed by atoms with Crippen LogP contribution >= 0.6 is 11.8 Å². The van der Waals surface area contributed by atoms with E-state index >= 15 is 0 Å². The molecule has 3 nitrogen and oxygen atoms in total. The van der Waals surface area contributed by atoms with Crippen LogP contribution in [0.25, 0.3) is 0 Å². The molecule has 0 unspecified atom stereocenters. The van der Waals surface area contributed by atoms with E-state index in [1.807, 2.05) is 19.2 Å². The number of thioether (sulfide) groups is 1. The molecule has 13 heavy (non-hydrogen) atoms. The van der Waals surface area contributed by atoms with Crippen molar-refractivity contribution < 1.29 is 4.92 Å². The molecule has 1 aromatic carbocycles. The smallest absolute Gasteiger partial charge is 0.258 e. The molecular weight excluding hydrogens is 186 g/mol. The summed E-state index contributed by atoms with van der Waals surface area (Å²) in [5.41, 5.74) is 1.33. The van der Waals surface area contributed by atoms with Crippen molar-refractivity contribution in [1.82, 2.24) is 0 Å². The highest BCUT2D eigenvalue weighted by Gasteiger charge is 2.08. The lowest BCUT2D eigenvalue weighted by molar-refractivity contribution is -0.385. The second-order valence-corrected chi connectivity index (χ2v) is 3.45. The second kappa shape index (κ2) is 4.28. The zero-order chi connectivity index (χ0) is 9.84. The summed E-state index contributed by atoms with van der Waals surface area (Å²) in [5.74, 6) is 0. The van der Waals surface area contributed by atoms with Gasteiger partial charge in [-0.05, 0) is 18.2 Å². The van der Waals surface area contributed by atoms with E-state index in [0.29, 0.717) is 0 Å². The maximum absolute atomic E-state index is 10.5. The fourth-order valence-electron chi connectivity index (χ4n) is 1.14. The van der Waals surface area contributed by atoms with E-state index in [-0.39, 0.29) is 10.6 Å². The highest BCUT2D eigenvalue weighted by Crippen LogP contribution is 2.25. The average Bonchev–Trinajstić information content (AvgIpc) is 2.16. The van der Waals surface area contributed by atoms with Crippen LogP contribution in [0, 0.1) is 10.1 Å². The lowest BCUT2D eigenvalue weighted by atomic mass is 10.1. The van der Waals surface area contributed by atoms with Crippen molar-refractivity contribution in [3.8, 4) is 0 Å². The van der Waals surface area contributed by atoms with Crippen molar-refractivity contribution in [2.45, 2.75) is 18.2 Å². The highest BCUT2D eigenvalue weighted by molar-refractivity contribution is 7.98. The van der Waals surface area contributed by atoms with Crippen LogP contribution in [0.5, 0.6) is 0 Å². The Labute approximate surface area is 81.3 Å². The molecule has 1 aromatic rings. The van der Waals surface area contributed by atoms with E-state index in [0.717, 1.165) is 16.9 Å². The van der Waals surface area contributed by atoms with E-state index in [4.69, 9.17) is 0 Å². The van der Waals surface area contributed by atoms with Crippen LogP contribution in [0.3, 0.4) is 0 Å². The van der Waals surface area contributed by atoms with Crippen LogP contribution in [0.15, 0.2) is 23.1 Å². The van der Waals surface area contributed by atoms with Crippen LogP contribution in [0.1, 0.15) is 12.5 Å². The van der Waals surface area contributed by atoms with Gasteiger partial charge in [0.25, 0.3) is 5.69 Å². The number of benzene rings is 1. The third kappa shape index (κ3) is 2.21. The first-order chi connectivity index (χ1) is 6.19. The molecular formula is C9H11NO2S. The predicted octanol–water partition coefficient (Wildman–Crippen LogP) is 2.88. The van der Waals surface area contributed by atoms with Crippen LogP contribution < -0.4 is 0 Å². The molecule has 0 radical (unpaired) electrons. The number of hydrogen-bond donors (Lipinski definition) is 0. The Kier molecular flexibility index (Phi) is 3.31. The van der Waals surface area contributed by atoms with Gasteiger partial charge in [-0.3, -0.25) is 10.1 Å². The monoisotopic (exact) mass is 197 g/mol. The summed E-state index contributed by atoms with van der Waals surface area (Å²) >= 11 is 1.55. The highest BCUT2D eigenvalue weighted by atomic mass is 32.2. The maximum Gasteiger partial charge on any atom is 0.270 e. The summed E-state index contributed by atoms with van der Waals surface area (Å²) < 4.78 is 0. The summed E-state index contributed by atoms with van der Waals surface area (Å²) in [6.45, 7) is 2.04. The molecule has 0 atom stereocenters. The van der Waals surface area contributed by atoms with Gasteiger partial charge in [0, 0.05) is 17.0 Å². The minimum absolute atomic E-state index is 0.168. The summed E-state index contributed by atoms with van der Waals surface area (Å²) in [4.78, 5) is 11.1. The summed E-state index contributed by atoms with van der Waals surface area (Å²) in [7, 11) is 0. The lowest BCUT2D eigenvalue weighted by Crippen LogP contribution is -1.91. The van der Waals surface area contributed by atoms with Crippen LogP contribution in [0.2, 0.25) is 0 Å². The van der Waals surface area contributed by atoms with Gasteiger partial charge in [-0.1, -0.05) is 13.0 Å². The Hall–Kier alpha value is -1.03. The first-order valence-corrected chi connectivity index (χ1v) is 5.22. The number of nitro groups is 1. The molecule has 0 heterocycles. The van der Waals surface area contributed by atoms with Crippen molar-refractivity contribution in [1.29, 1.82) is 0 Å². The zero-order valence-corrected chi connectivity index (χ0v) is 8.43. The van der Waals surface area contributed by atoms with Crippen molar-refractivity contribution in [3.05, 3.63) is 33.9 Å². The molecule has 0 saturated heterocycles. The number of nitrogens with zero attached hydrogens (tertiary/aromatic N) is 1. The van der Waals surface area contributed by atoms with Gasteiger partial charge in [0.1, 0.15) is 0 Å². The van der Waals surface area contributed by atoms with Gasteiger partial charge >= 0.3 is 0 Å². The summed E-state index contributed by atoms with van der Waals surface area (Å²) in [5, 5.41) is 10.5.